The number of guanidine groups is 1. The molecule has 2 aromatic rings. The van der Waals surface area contributed by atoms with Crippen LogP contribution in [0.4, 0.5) is 5.69 Å². The first kappa shape index (κ1) is 20.8. The number of hydrogen-bond donors (Lipinski definition) is 2. The Labute approximate surface area is 173 Å². The van der Waals surface area contributed by atoms with Crippen molar-refractivity contribution in [3.8, 4) is 11.5 Å². The van der Waals surface area contributed by atoms with Crippen LogP contribution in [0.15, 0.2) is 53.5 Å². The van der Waals surface area contributed by atoms with Gasteiger partial charge in [-0.3, -0.25) is 4.99 Å². The molecule has 0 spiro atoms. The second-order valence-corrected chi connectivity index (χ2v) is 7.18. The van der Waals surface area contributed by atoms with E-state index in [0.717, 1.165) is 30.5 Å². The van der Waals surface area contributed by atoms with Gasteiger partial charge >= 0.3 is 0 Å². The van der Waals surface area contributed by atoms with Crippen molar-refractivity contribution in [1.82, 2.24) is 10.6 Å². The van der Waals surface area contributed by atoms with E-state index < -0.39 is 0 Å². The first-order valence-corrected chi connectivity index (χ1v) is 10.3. The van der Waals surface area contributed by atoms with Gasteiger partial charge in [0.25, 0.3) is 0 Å². The Morgan fingerprint density at radius 1 is 1.10 bits per heavy atom. The van der Waals surface area contributed by atoms with Crippen LogP contribution in [0, 0.1) is 0 Å². The van der Waals surface area contributed by atoms with Crippen molar-refractivity contribution in [3.63, 3.8) is 0 Å². The van der Waals surface area contributed by atoms with Gasteiger partial charge in [0.05, 0.1) is 19.7 Å². The number of nitrogens with zero attached hydrogens (tertiary/aromatic N) is 2. The smallest absolute Gasteiger partial charge is 0.191 e. The first-order valence-electron chi connectivity index (χ1n) is 10.3. The maximum atomic E-state index is 5.77. The molecule has 2 N–H and O–H groups in total. The minimum Gasteiger partial charge on any atom is -0.497 e. The van der Waals surface area contributed by atoms with Crippen LogP contribution in [0.2, 0.25) is 0 Å². The fourth-order valence-corrected chi connectivity index (χ4v) is 3.48. The molecule has 1 saturated heterocycles. The van der Waals surface area contributed by atoms with E-state index in [9.17, 15) is 0 Å². The Morgan fingerprint density at radius 3 is 2.62 bits per heavy atom. The van der Waals surface area contributed by atoms with E-state index in [1.54, 1.807) is 14.2 Å². The average molecular weight is 397 g/mol. The molecule has 1 fully saturated rings. The Kier molecular flexibility index (Phi) is 7.61. The highest BCUT2D eigenvalue weighted by molar-refractivity contribution is 5.80. The van der Waals surface area contributed by atoms with Crippen molar-refractivity contribution >= 4 is 11.6 Å². The lowest BCUT2D eigenvalue weighted by Gasteiger charge is -2.22. The summed E-state index contributed by atoms with van der Waals surface area (Å²) in [5.74, 6) is 2.34. The molecule has 1 unspecified atom stereocenters. The predicted molar refractivity (Wildman–Crippen MR) is 119 cm³/mol. The third-order valence-electron chi connectivity index (χ3n) is 5.12. The van der Waals surface area contributed by atoms with E-state index in [-0.39, 0.29) is 6.04 Å². The number of benzene rings is 2. The number of rotatable bonds is 8. The molecule has 156 valence electrons. The number of ether oxygens (including phenoxy) is 2. The summed E-state index contributed by atoms with van der Waals surface area (Å²) in [5, 5.41) is 6.77. The van der Waals surface area contributed by atoms with Crippen molar-refractivity contribution < 1.29 is 9.47 Å². The van der Waals surface area contributed by atoms with Gasteiger partial charge < -0.3 is 25.0 Å². The summed E-state index contributed by atoms with van der Waals surface area (Å²) in [4.78, 5) is 6.79. The lowest BCUT2D eigenvalue weighted by atomic mass is 10.1. The number of nitrogens with one attached hydrogen (secondary N) is 2. The number of anilines is 1. The van der Waals surface area contributed by atoms with Gasteiger partial charge in [-0.15, -0.1) is 0 Å². The van der Waals surface area contributed by atoms with Crippen LogP contribution in [0.1, 0.15) is 31.4 Å². The molecule has 1 aliphatic rings. The minimum absolute atomic E-state index is 0.156. The van der Waals surface area contributed by atoms with E-state index in [2.05, 4.69) is 51.7 Å². The third-order valence-corrected chi connectivity index (χ3v) is 5.12. The summed E-state index contributed by atoms with van der Waals surface area (Å²) in [7, 11) is 3.43. The van der Waals surface area contributed by atoms with Crippen LogP contribution in [-0.4, -0.2) is 46.4 Å². The SMILES string of the molecule is CN=C(NCCOc1cccc(OC)c1)NC(C)c1cccc(N2CCCC2)c1. The van der Waals surface area contributed by atoms with Crippen LogP contribution in [-0.2, 0) is 0 Å². The summed E-state index contributed by atoms with van der Waals surface area (Å²) in [6, 6.07) is 16.6. The maximum absolute atomic E-state index is 5.77. The van der Waals surface area contributed by atoms with Crippen molar-refractivity contribution in [2.45, 2.75) is 25.8 Å². The largest absolute Gasteiger partial charge is 0.497 e. The van der Waals surface area contributed by atoms with Gasteiger partial charge in [-0.25, -0.2) is 0 Å². The van der Waals surface area contributed by atoms with Gasteiger partial charge in [-0.1, -0.05) is 18.2 Å². The monoisotopic (exact) mass is 396 g/mol. The molecule has 3 rings (SSSR count). The molecule has 6 nitrogen and oxygen atoms in total. The molecule has 0 aromatic heterocycles. The molecule has 2 aromatic carbocycles. The van der Waals surface area contributed by atoms with Crippen LogP contribution in [0.25, 0.3) is 0 Å². The molecule has 1 aliphatic heterocycles. The van der Waals surface area contributed by atoms with Gasteiger partial charge in [0.15, 0.2) is 5.96 Å². The van der Waals surface area contributed by atoms with Crippen LogP contribution in [0.3, 0.4) is 0 Å². The minimum atomic E-state index is 0.156. The molecule has 1 heterocycles. The molecular weight excluding hydrogens is 364 g/mol. The van der Waals surface area contributed by atoms with E-state index in [1.807, 2.05) is 24.3 Å². The molecule has 0 bridgehead atoms. The van der Waals surface area contributed by atoms with Gasteiger partial charge in [-0.05, 0) is 49.6 Å². The summed E-state index contributed by atoms with van der Waals surface area (Å²) in [6.07, 6.45) is 2.57. The highest BCUT2D eigenvalue weighted by Crippen LogP contribution is 2.24. The van der Waals surface area contributed by atoms with Gasteiger partial charge in [0.1, 0.15) is 18.1 Å². The molecule has 1 atom stereocenters. The number of methoxy groups -OCH3 is 1. The highest BCUT2D eigenvalue weighted by Gasteiger charge is 2.14. The molecule has 0 saturated carbocycles. The predicted octanol–water partition coefficient (Wildman–Crippen LogP) is 3.60. The van der Waals surface area contributed by atoms with Gasteiger partial charge in [0.2, 0.25) is 0 Å². The summed E-state index contributed by atoms with van der Waals surface area (Å²) < 4.78 is 11.0. The Hall–Kier alpha value is -2.89. The van der Waals surface area contributed by atoms with Crippen molar-refractivity contribution in [1.29, 1.82) is 0 Å². The Balaban J connectivity index is 1.47. The van der Waals surface area contributed by atoms with Crippen LogP contribution >= 0.6 is 0 Å². The van der Waals surface area contributed by atoms with Crippen molar-refractivity contribution in [2.75, 3.05) is 45.3 Å². The van der Waals surface area contributed by atoms with Crippen molar-refractivity contribution in [2.24, 2.45) is 4.99 Å². The first-order chi connectivity index (χ1) is 14.2. The molecule has 0 amide bonds. The number of aliphatic imine (C=N–C) groups is 1. The molecule has 0 radical (unpaired) electrons. The quantitative estimate of drug-likeness (QED) is 0.406. The molecule has 0 aliphatic carbocycles. The zero-order valence-corrected chi connectivity index (χ0v) is 17.6. The molecular formula is C23H32N4O2. The maximum Gasteiger partial charge on any atom is 0.191 e. The average Bonchev–Trinajstić information content (AvgIpc) is 3.31. The second-order valence-electron chi connectivity index (χ2n) is 7.18. The Morgan fingerprint density at radius 2 is 1.86 bits per heavy atom. The summed E-state index contributed by atoms with van der Waals surface area (Å²) in [6.45, 7) is 5.65. The Bertz CT molecular complexity index is 803. The van der Waals surface area contributed by atoms with Gasteiger partial charge in [0, 0.05) is 31.9 Å². The zero-order chi connectivity index (χ0) is 20.5. The van der Waals surface area contributed by atoms with Crippen LogP contribution < -0.4 is 25.0 Å². The summed E-state index contributed by atoms with van der Waals surface area (Å²) in [5.41, 5.74) is 2.56. The van der Waals surface area contributed by atoms with E-state index in [0.29, 0.717) is 13.2 Å². The standard InChI is InChI=1S/C23H32N4O2/c1-18(19-8-6-9-20(16-19)27-13-4-5-14-27)26-23(24-2)25-12-15-29-22-11-7-10-21(17-22)28-3/h6-11,16-18H,4-5,12-15H2,1-3H3,(H2,24,25,26). The summed E-state index contributed by atoms with van der Waals surface area (Å²) >= 11 is 0. The van der Waals surface area contributed by atoms with Crippen LogP contribution in [0.5, 0.6) is 11.5 Å². The number of hydrogen-bond acceptors (Lipinski definition) is 4. The lowest BCUT2D eigenvalue weighted by Crippen LogP contribution is -2.40. The van der Waals surface area contributed by atoms with E-state index in [1.165, 1.54) is 24.1 Å². The topological polar surface area (TPSA) is 58.1 Å². The fraction of sp³-hybridized carbons (Fsp3) is 0.435. The van der Waals surface area contributed by atoms with E-state index >= 15 is 0 Å². The lowest BCUT2D eigenvalue weighted by molar-refractivity contribution is 0.319. The molecule has 29 heavy (non-hydrogen) atoms. The second kappa shape index (κ2) is 10.6. The zero-order valence-electron chi connectivity index (χ0n) is 17.6. The highest BCUT2D eigenvalue weighted by atomic mass is 16.5. The normalized spacial score (nSPS) is 15.1. The third kappa shape index (κ3) is 6.04. The van der Waals surface area contributed by atoms with Crippen molar-refractivity contribution in [3.05, 3.63) is 54.1 Å². The molecule has 6 heteroatoms. The fourth-order valence-electron chi connectivity index (χ4n) is 3.48. The van der Waals surface area contributed by atoms with E-state index in [4.69, 9.17) is 9.47 Å². The van der Waals surface area contributed by atoms with Gasteiger partial charge in [-0.2, -0.15) is 0 Å².